The second-order valence-corrected chi connectivity index (χ2v) is 5.09. The van der Waals surface area contributed by atoms with E-state index in [9.17, 15) is 4.79 Å². The summed E-state index contributed by atoms with van der Waals surface area (Å²) in [6.45, 7) is 6.81. The molecule has 2 atom stereocenters. The lowest BCUT2D eigenvalue weighted by molar-refractivity contribution is -0.121. The Morgan fingerprint density at radius 1 is 1.31 bits per heavy atom. The van der Waals surface area contributed by atoms with Crippen molar-refractivity contribution in [1.82, 2.24) is 10.6 Å². The maximum atomic E-state index is 11.7. The number of nitrogens with one attached hydrogen (secondary N) is 2. The highest BCUT2D eigenvalue weighted by Gasteiger charge is 2.22. The molecular weight excluding hydrogens is 200 g/mol. The van der Waals surface area contributed by atoms with Crippen molar-refractivity contribution in [2.45, 2.75) is 65.0 Å². The van der Waals surface area contributed by atoms with Crippen LogP contribution in [-0.2, 0) is 4.79 Å². The summed E-state index contributed by atoms with van der Waals surface area (Å²) in [7, 11) is 0. The minimum atomic E-state index is 0.139. The molecule has 0 aromatic carbocycles. The van der Waals surface area contributed by atoms with Crippen LogP contribution in [0.25, 0.3) is 0 Å². The van der Waals surface area contributed by atoms with Gasteiger partial charge in [-0.1, -0.05) is 19.8 Å². The summed E-state index contributed by atoms with van der Waals surface area (Å²) >= 11 is 0. The van der Waals surface area contributed by atoms with Crippen molar-refractivity contribution >= 4 is 5.91 Å². The van der Waals surface area contributed by atoms with Crippen LogP contribution in [0.1, 0.15) is 52.9 Å². The van der Waals surface area contributed by atoms with Gasteiger partial charge in [-0.2, -0.15) is 0 Å². The molecule has 0 aromatic heterocycles. The third-order valence-electron chi connectivity index (χ3n) is 3.72. The zero-order chi connectivity index (χ0) is 12.0. The van der Waals surface area contributed by atoms with Gasteiger partial charge in [0, 0.05) is 12.1 Å². The van der Waals surface area contributed by atoms with Gasteiger partial charge in [-0.25, -0.2) is 0 Å². The number of hydrogen-bond acceptors (Lipinski definition) is 2. The van der Waals surface area contributed by atoms with Crippen molar-refractivity contribution in [3.63, 3.8) is 0 Å². The van der Waals surface area contributed by atoms with Crippen LogP contribution >= 0.6 is 0 Å². The SMILES string of the molecule is CCC(C)NCC(=O)N[C@@H](C)C1CCCC1. The summed E-state index contributed by atoms with van der Waals surface area (Å²) in [6.07, 6.45) is 6.28. The van der Waals surface area contributed by atoms with E-state index >= 15 is 0 Å². The van der Waals surface area contributed by atoms with E-state index in [-0.39, 0.29) is 5.91 Å². The van der Waals surface area contributed by atoms with Gasteiger partial charge in [-0.15, -0.1) is 0 Å². The van der Waals surface area contributed by atoms with E-state index in [0.29, 0.717) is 24.5 Å². The van der Waals surface area contributed by atoms with Crippen molar-refractivity contribution in [3.05, 3.63) is 0 Å². The topological polar surface area (TPSA) is 41.1 Å². The van der Waals surface area contributed by atoms with E-state index in [2.05, 4.69) is 31.4 Å². The van der Waals surface area contributed by atoms with Gasteiger partial charge in [-0.05, 0) is 39.0 Å². The first kappa shape index (κ1) is 13.5. The van der Waals surface area contributed by atoms with Gasteiger partial charge in [-0.3, -0.25) is 4.79 Å². The third kappa shape index (κ3) is 4.52. The lowest BCUT2D eigenvalue weighted by Gasteiger charge is -2.21. The standard InChI is InChI=1S/C13H26N2O/c1-4-10(2)14-9-13(16)15-11(3)12-7-5-6-8-12/h10-12,14H,4-9H2,1-3H3,(H,15,16)/t10?,11-/m0/s1. The van der Waals surface area contributed by atoms with Crippen LogP contribution in [0, 0.1) is 5.92 Å². The Balaban J connectivity index is 2.17. The Morgan fingerprint density at radius 3 is 2.50 bits per heavy atom. The van der Waals surface area contributed by atoms with Crippen LogP contribution in [0.5, 0.6) is 0 Å². The zero-order valence-electron chi connectivity index (χ0n) is 10.9. The highest BCUT2D eigenvalue weighted by atomic mass is 16.1. The molecule has 0 aliphatic heterocycles. The van der Waals surface area contributed by atoms with Crippen LogP contribution in [0.15, 0.2) is 0 Å². The molecule has 16 heavy (non-hydrogen) atoms. The van der Waals surface area contributed by atoms with Crippen LogP contribution < -0.4 is 10.6 Å². The predicted octanol–water partition coefficient (Wildman–Crippen LogP) is 2.07. The van der Waals surface area contributed by atoms with Gasteiger partial charge in [0.15, 0.2) is 0 Å². The molecule has 1 saturated carbocycles. The number of hydrogen-bond donors (Lipinski definition) is 2. The number of carbonyl (C=O) groups is 1. The maximum absolute atomic E-state index is 11.7. The van der Waals surface area contributed by atoms with Crippen molar-refractivity contribution in [2.75, 3.05) is 6.54 Å². The fourth-order valence-electron chi connectivity index (χ4n) is 2.29. The number of amides is 1. The van der Waals surface area contributed by atoms with Gasteiger partial charge in [0.2, 0.25) is 5.91 Å². The molecule has 0 bridgehead atoms. The average molecular weight is 226 g/mol. The third-order valence-corrected chi connectivity index (χ3v) is 3.72. The fourth-order valence-corrected chi connectivity index (χ4v) is 2.29. The quantitative estimate of drug-likeness (QED) is 0.728. The summed E-state index contributed by atoms with van der Waals surface area (Å²) < 4.78 is 0. The molecule has 1 aliphatic rings. The minimum absolute atomic E-state index is 0.139. The molecule has 1 amide bonds. The highest BCUT2D eigenvalue weighted by molar-refractivity contribution is 5.78. The summed E-state index contributed by atoms with van der Waals surface area (Å²) in [5.74, 6) is 0.840. The molecular formula is C13H26N2O. The van der Waals surface area contributed by atoms with E-state index in [1.807, 2.05) is 0 Å². The summed E-state index contributed by atoms with van der Waals surface area (Å²) in [5.41, 5.74) is 0. The lowest BCUT2D eigenvalue weighted by Crippen LogP contribution is -2.43. The van der Waals surface area contributed by atoms with E-state index in [0.717, 1.165) is 6.42 Å². The van der Waals surface area contributed by atoms with Crippen LogP contribution in [-0.4, -0.2) is 24.5 Å². The van der Waals surface area contributed by atoms with Crippen molar-refractivity contribution < 1.29 is 4.79 Å². The number of carbonyl (C=O) groups excluding carboxylic acids is 1. The van der Waals surface area contributed by atoms with Crippen LogP contribution in [0.2, 0.25) is 0 Å². The molecule has 1 rings (SSSR count). The van der Waals surface area contributed by atoms with E-state index in [1.54, 1.807) is 0 Å². The van der Waals surface area contributed by atoms with Crippen LogP contribution in [0.3, 0.4) is 0 Å². The Kier molecular flexibility index (Phi) is 5.81. The van der Waals surface area contributed by atoms with Gasteiger partial charge >= 0.3 is 0 Å². The summed E-state index contributed by atoms with van der Waals surface area (Å²) in [4.78, 5) is 11.7. The molecule has 0 radical (unpaired) electrons. The molecule has 0 saturated heterocycles. The second kappa shape index (κ2) is 6.89. The van der Waals surface area contributed by atoms with E-state index < -0.39 is 0 Å². The first-order valence-corrected chi connectivity index (χ1v) is 6.66. The molecule has 2 N–H and O–H groups in total. The van der Waals surface area contributed by atoms with Crippen molar-refractivity contribution in [3.8, 4) is 0 Å². The smallest absolute Gasteiger partial charge is 0.234 e. The molecule has 94 valence electrons. The molecule has 3 nitrogen and oxygen atoms in total. The van der Waals surface area contributed by atoms with Gasteiger partial charge in [0.1, 0.15) is 0 Å². The summed E-state index contributed by atoms with van der Waals surface area (Å²) in [5, 5.41) is 6.32. The summed E-state index contributed by atoms with van der Waals surface area (Å²) in [6, 6.07) is 0.765. The maximum Gasteiger partial charge on any atom is 0.234 e. The fraction of sp³-hybridized carbons (Fsp3) is 0.923. The normalized spacial score (nSPS) is 20.7. The molecule has 0 aromatic rings. The highest BCUT2D eigenvalue weighted by Crippen LogP contribution is 2.27. The average Bonchev–Trinajstić information content (AvgIpc) is 2.79. The number of rotatable bonds is 6. The Labute approximate surface area is 99.4 Å². The van der Waals surface area contributed by atoms with Crippen molar-refractivity contribution in [1.29, 1.82) is 0 Å². The van der Waals surface area contributed by atoms with Gasteiger partial charge < -0.3 is 10.6 Å². The van der Waals surface area contributed by atoms with E-state index in [1.165, 1.54) is 25.7 Å². The Hall–Kier alpha value is -0.570. The van der Waals surface area contributed by atoms with Crippen LogP contribution in [0.4, 0.5) is 0 Å². The first-order valence-electron chi connectivity index (χ1n) is 6.66. The molecule has 0 heterocycles. The molecule has 3 heteroatoms. The predicted molar refractivity (Wildman–Crippen MR) is 67.3 cm³/mol. The first-order chi connectivity index (χ1) is 7.63. The second-order valence-electron chi connectivity index (χ2n) is 5.09. The minimum Gasteiger partial charge on any atom is -0.352 e. The monoisotopic (exact) mass is 226 g/mol. The molecule has 0 spiro atoms. The lowest BCUT2D eigenvalue weighted by atomic mass is 10.00. The van der Waals surface area contributed by atoms with E-state index in [4.69, 9.17) is 0 Å². The van der Waals surface area contributed by atoms with Gasteiger partial charge in [0.05, 0.1) is 6.54 Å². The van der Waals surface area contributed by atoms with Gasteiger partial charge in [0.25, 0.3) is 0 Å². The largest absolute Gasteiger partial charge is 0.352 e. The molecule has 1 fully saturated rings. The zero-order valence-corrected chi connectivity index (χ0v) is 10.9. The Morgan fingerprint density at radius 2 is 1.94 bits per heavy atom. The molecule has 1 unspecified atom stereocenters. The Bertz CT molecular complexity index is 212. The molecule has 1 aliphatic carbocycles. The van der Waals surface area contributed by atoms with Crippen molar-refractivity contribution in [2.24, 2.45) is 5.92 Å².